The van der Waals surface area contributed by atoms with E-state index in [0.717, 1.165) is 16.6 Å². The molecule has 108 valence electrons. The van der Waals surface area contributed by atoms with Gasteiger partial charge in [0.2, 0.25) is 5.91 Å². The molecule has 22 heavy (non-hydrogen) atoms. The number of nitrogens with one attached hydrogen (secondary N) is 1. The molecule has 1 N–H and O–H groups in total. The minimum Gasteiger partial charge on any atom is -0.453 e. The third-order valence-electron chi connectivity index (χ3n) is 4.00. The van der Waals surface area contributed by atoms with Crippen LogP contribution in [0.2, 0.25) is 0 Å². The number of ketones is 1. The highest BCUT2D eigenvalue weighted by atomic mass is 16.3. The smallest absolute Gasteiger partial charge is 0.232 e. The Balaban J connectivity index is 1.63. The van der Waals surface area contributed by atoms with E-state index in [1.807, 2.05) is 48.5 Å². The first-order chi connectivity index (χ1) is 10.7. The summed E-state index contributed by atoms with van der Waals surface area (Å²) in [5.74, 6) is -0.436. The number of hydrogen-bond donors (Lipinski definition) is 1. The fourth-order valence-corrected chi connectivity index (χ4v) is 2.88. The molecular formula is C18H13NO3. The van der Waals surface area contributed by atoms with Crippen LogP contribution >= 0.6 is 0 Å². The largest absolute Gasteiger partial charge is 0.453 e. The Morgan fingerprint density at radius 3 is 2.73 bits per heavy atom. The number of furan rings is 1. The number of Topliss-reactive ketones (excluding diaryl/α,β-unsaturated/α-hetero) is 1. The molecule has 4 nitrogen and oxygen atoms in total. The van der Waals surface area contributed by atoms with Gasteiger partial charge in [0.15, 0.2) is 11.5 Å². The van der Waals surface area contributed by atoms with E-state index in [-0.39, 0.29) is 18.1 Å². The predicted molar refractivity (Wildman–Crippen MR) is 83.0 cm³/mol. The van der Waals surface area contributed by atoms with E-state index in [9.17, 15) is 9.59 Å². The lowest BCUT2D eigenvalue weighted by molar-refractivity contribution is -0.117. The quantitative estimate of drug-likeness (QED) is 0.748. The summed E-state index contributed by atoms with van der Waals surface area (Å²) in [6, 6.07) is 16.7. The Kier molecular flexibility index (Phi) is 2.82. The molecule has 0 radical (unpaired) electrons. The van der Waals surface area contributed by atoms with E-state index in [1.54, 1.807) is 6.07 Å². The summed E-state index contributed by atoms with van der Waals surface area (Å²) in [7, 11) is 0. The van der Waals surface area contributed by atoms with E-state index in [0.29, 0.717) is 11.3 Å². The van der Waals surface area contributed by atoms with Gasteiger partial charge in [-0.3, -0.25) is 9.59 Å². The Morgan fingerprint density at radius 2 is 1.86 bits per heavy atom. The lowest BCUT2D eigenvalue weighted by Gasteiger charge is -2.06. The third-order valence-corrected chi connectivity index (χ3v) is 4.00. The second-order valence-electron chi connectivity index (χ2n) is 5.40. The molecule has 0 spiro atoms. The minimum atomic E-state index is -0.447. The molecule has 1 aliphatic heterocycles. The zero-order valence-corrected chi connectivity index (χ0v) is 11.7. The molecule has 1 aromatic heterocycles. The molecular weight excluding hydrogens is 278 g/mol. The number of para-hydroxylation sites is 2. The minimum absolute atomic E-state index is 0.114. The van der Waals surface area contributed by atoms with Gasteiger partial charge in [-0.25, -0.2) is 0 Å². The van der Waals surface area contributed by atoms with Gasteiger partial charge in [0.05, 0.1) is 5.92 Å². The maximum atomic E-state index is 12.5. The lowest BCUT2D eigenvalue weighted by Crippen LogP contribution is -2.15. The molecule has 0 saturated carbocycles. The molecule has 0 aliphatic carbocycles. The number of benzene rings is 2. The first-order valence-electron chi connectivity index (χ1n) is 7.14. The fourth-order valence-electron chi connectivity index (χ4n) is 2.88. The molecule has 0 fully saturated rings. The molecule has 0 saturated heterocycles. The van der Waals surface area contributed by atoms with Crippen LogP contribution in [0.5, 0.6) is 0 Å². The van der Waals surface area contributed by atoms with Crippen molar-refractivity contribution < 1.29 is 14.0 Å². The number of fused-ring (bicyclic) bond motifs is 2. The van der Waals surface area contributed by atoms with Crippen molar-refractivity contribution >= 4 is 28.3 Å². The van der Waals surface area contributed by atoms with Gasteiger partial charge < -0.3 is 9.73 Å². The van der Waals surface area contributed by atoms with Crippen LogP contribution in [0.1, 0.15) is 28.5 Å². The van der Waals surface area contributed by atoms with E-state index >= 15 is 0 Å². The predicted octanol–water partition coefficient (Wildman–Crippen LogP) is 3.74. The van der Waals surface area contributed by atoms with Crippen LogP contribution in [0.3, 0.4) is 0 Å². The van der Waals surface area contributed by atoms with Crippen molar-refractivity contribution in [2.75, 3.05) is 5.32 Å². The summed E-state index contributed by atoms with van der Waals surface area (Å²) in [4.78, 5) is 24.5. The topological polar surface area (TPSA) is 59.3 Å². The van der Waals surface area contributed by atoms with Crippen LogP contribution in [0.4, 0.5) is 5.69 Å². The normalized spacial score (nSPS) is 16.5. The van der Waals surface area contributed by atoms with E-state index in [4.69, 9.17) is 4.42 Å². The molecule has 1 amide bonds. The van der Waals surface area contributed by atoms with Gasteiger partial charge in [-0.1, -0.05) is 36.4 Å². The first kappa shape index (κ1) is 12.8. The second kappa shape index (κ2) is 4.84. The summed E-state index contributed by atoms with van der Waals surface area (Å²) >= 11 is 0. The number of hydrogen-bond acceptors (Lipinski definition) is 3. The van der Waals surface area contributed by atoms with Crippen molar-refractivity contribution in [3.05, 3.63) is 65.9 Å². The highest BCUT2D eigenvalue weighted by molar-refractivity contribution is 6.07. The number of carbonyl (C=O) groups excluding carboxylic acids is 2. The average Bonchev–Trinajstić information content (AvgIpc) is 3.09. The van der Waals surface area contributed by atoms with Gasteiger partial charge in [-0.2, -0.15) is 0 Å². The molecule has 0 unspecified atom stereocenters. The zero-order valence-electron chi connectivity index (χ0n) is 11.7. The van der Waals surface area contributed by atoms with Gasteiger partial charge >= 0.3 is 0 Å². The van der Waals surface area contributed by atoms with Gasteiger partial charge in [0, 0.05) is 17.5 Å². The van der Waals surface area contributed by atoms with Crippen molar-refractivity contribution in [1.29, 1.82) is 0 Å². The van der Waals surface area contributed by atoms with E-state index in [1.165, 1.54) is 0 Å². The third kappa shape index (κ3) is 2.00. The molecule has 0 bridgehead atoms. The van der Waals surface area contributed by atoms with Crippen LogP contribution in [0.15, 0.2) is 59.0 Å². The summed E-state index contributed by atoms with van der Waals surface area (Å²) in [6.45, 7) is 0. The number of rotatable bonds is 3. The van der Waals surface area contributed by atoms with Crippen LogP contribution < -0.4 is 5.32 Å². The molecule has 4 rings (SSSR count). The molecule has 4 heteroatoms. The van der Waals surface area contributed by atoms with Crippen molar-refractivity contribution in [1.82, 2.24) is 0 Å². The number of carbonyl (C=O) groups is 2. The molecule has 3 aromatic rings. The van der Waals surface area contributed by atoms with Crippen molar-refractivity contribution in [3.8, 4) is 0 Å². The zero-order chi connectivity index (χ0) is 15.1. The van der Waals surface area contributed by atoms with E-state index in [2.05, 4.69) is 5.32 Å². The molecule has 2 heterocycles. The lowest BCUT2D eigenvalue weighted by atomic mass is 9.94. The molecule has 1 aliphatic rings. The van der Waals surface area contributed by atoms with Gasteiger partial charge in [0.1, 0.15) is 5.58 Å². The maximum absolute atomic E-state index is 12.5. The van der Waals surface area contributed by atoms with Crippen LogP contribution in [0, 0.1) is 0 Å². The Labute approximate surface area is 126 Å². The monoisotopic (exact) mass is 291 g/mol. The Hall–Kier alpha value is -2.88. The number of amides is 1. The maximum Gasteiger partial charge on any atom is 0.232 e. The Morgan fingerprint density at radius 1 is 1.09 bits per heavy atom. The highest BCUT2D eigenvalue weighted by Crippen LogP contribution is 2.35. The summed E-state index contributed by atoms with van der Waals surface area (Å²) in [5, 5.41) is 3.70. The first-order valence-corrected chi connectivity index (χ1v) is 7.14. The highest BCUT2D eigenvalue weighted by Gasteiger charge is 2.32. The van der Waals surface area contributed by atoms with Crippen LogP contribution in [-0.2, 0) is 4.79 Å². The molecule has 1 atom stereocenters. The van der Waals surface area contributed by atoms with Gasteiger partial charge in [0.25, 0.3) is 0 Å². The van der Waals surface area contributed by atoms with Crippen molar-refractivity contribution in [2.45, 2.75) is 12.3 Å². The Bertz CT molecular complexity index is 861. The van der Waals surface area contributed by atoms with Crippen molar-refractivity contribution in [3.63, 3.8) is 0 Å². The summed E-state index contributed by atoms with van der Waals surface area (Å²) in [6.07, 6.45) is 0.114. The average molecular weight is 291 g/mol. The van der Waals surface area contributed by atoms with Crippen molar-refractivity contribution in [2.24, 2.45) is 0 Å². The van der Waals surface area contributed by atoms with E-state index < -0.39 is 5.92 Å². The summed E-state index contributed by atoms with van der Waals surface area (Å²) in [5.41, 5.74) is 2.34. The standard InChI is InChI=1S/C18H13NO3/c20-15(17-9-11-5-1-4-8-16(11)22-17)10-13-12-6-2-3-7-14(12)19-18(13)21/h1-9,13H,10H2,(H,19,21)/t13-/m0/s1. The van der Waals surface area contributed by atoms with Crippen LogP contribution in [-0.4, -0.2) is 11.7 Å². The second-order valence-corrected chi connectivity index (χ2v) is 5.40. The number of anilines is 1. The fraction of sp³-hybridized carbons (Fsp3) is 0.111. The summed E-state index contributed by atoms with van der Waals surface area (Å²) < 4.78 is 5.58. The van der Waals surface area contributed by atoms with Gasteiger partial charge in [-0.15, -0.1) is 0 Å². The molecule has 2 aromatic carbocycles. The van der Waals surface area contributed by atoms with Gasteiger partial charge in [-0.05, 0) is 23.8 Å². The van der Waals surface area contributed by atoms with Crippen LogP contribution in [0.25, 0.3) is 11.0 Å². The SMILES string of the molecule is O=C(C[C@@H]1C(=O)Nc2ccccc21)c1cc2ccccc2o1.